The van der Waals surface area contributed by atoms with Crippen molar-refractivity contribution in [3.05, 3.63) is 64.7 Å². The number of hydrogen-bond donors (Lipinski definition) is 2. The van der Waals surface area contributed by atoms with Gasteiger partial charge in [-0.1, -0.05) is 24.3 Å². The van der Waals surface area contributed by atoms with E-state index in [0.717, 1.165) is 23.1 Å². The molecule has 0 saturated heterocycles. The summed E-state index contributed by atoms with van der Waals surface area (Å²) in [5.41, 5.74) is 3.72. The lowest BCUT2D eigenvalue weighted by molar-refractivity contribution is 0.0954. The van der Waals surface area contributed by atoms with E-state index >= 15 is 0 Å². The lowest BCUT2D eigenvalue weighted by Crippen LogP contribution is -2.25. The van der Waals surface area contributed by atoms with Gasteiger partial charge in [0.1, 0.15) is 5.75 Å². The molecule has 2 aromatic rings. The highest BCUT2D eigenvalue weighted by Gasteiger charge is 2.06. The van der Waals surface area contributed by atoms with Crippen molar-refractivity contribution in [2.24, 2.45) is 0 Å². The van der Waals surface area contributed by atoms with Crippen LogP contribution in [0.5, 0.6) is 5.75 Å². The number of hydrogen-bond acceptors (Lipinski definition) is 2. The van der Waals surface area contributed by atoms with Crippen LogP contribution in [0.25, 0.3) is 0 Å². The van der Waals surface area contributed by atoms with Crippen LogP contribution in [0.15, 0.2) is 42.5 Å². The number of benzene rings is 2. The third kappa shape index (κ3) is 3.38. The van der Waals surface area contributed by atoms with E-state index in [1.54, 1.807) is 18.2 Å². The van der Waals surface area contributed by atoms with Crippen LogP contribution in [-0.4, -0.2) is 17.6 Å². The van der Waals surface area contributed by atoms with E-state index < -0.39 is 0 Å². The number of aryl methyl sites for hydroxylation is 2. The number of amides is 1. The first-order valence-corrected chi connectivity index (χ1v) is 6.70. The van der Waals surface area contributed by atoms with Gasteiger partial charge in [0.05, 0.1) is 0 Å². The van der Waals surface area contributed by atoms with Crippen LogP contribution in [0.2, 0.25) is 0 Å². The zero-order chi connectivity index (χ0) is 14.5. The van der Waals surface area contributed by atoms with Gasteiger partial charge in [0.25, 0.3) is 5.91 Å². The smallest absolute Gasteiger partial charge is 0.251 e. The van der Waals surface area contributed by atoms with Crippen molar-refractivity contribution in [3.8, 4) is 5.75 Å². The summed E-state index contributed by atoms with van der Waals surface area (Å²) in [4.78, 5) is 11.9. The Balaban J connectivity index is 1.94. The summed E-state index contributed by atoms with van der Waals surface area (Å²) in [6.07, 6.45) is 0.755. The van der Waals surface area contributed by atoms with Crippen molar-refractivity contribution in [1.82, 2.24) is 5.32 Å². The average molecular weight is 269 g/mol. The standard InChI is InChI=1S/C17H19NO2/c1-12-11-16(19)13(2)10-15(12)8-9-18-17(20)14-6-4-3-5-7-14/h3-7,10-11,19H,8-9H2,1-2H3,(H,18,20). The van der Waals surface area contributed by atoms with Gasteiger partial charge < -0.3 is 10.4 Å². The zero-order valence-corrected chi connectivity index (χ0v) is 11.8. The first-order chi connectivity index (χ1) is 9.58. The molecule has 2 N–H and O–H groups in total. The number of nitrogens with one attached hydrogen (secondary N) is 1. The molecule has 0 aliphatic heterocycles. The maximum atomic E-state index is 11.9. The molecule has 104 valence electrons. The summed E-state index contributed by atoms with van der Waals surface area (Å²) in [7, 11) is 0. The van der Waals surface area contributed by atoms with Crippen LogP contribution >= 0.6 is 0 Å². The minimum Gasteiger partial charge on any atom is -0.508 e. The van der Waals surface area contributed by atoms with Gasteiger partial charge >= 0.3 is 0 Å². The lowest BCUT2D eigenvalue weighted by Gasteiger charge is -2.10. The van der Waals surface area contributed by atoms with Crippen molar-refractivity contribution in [2.75, 3.05) is 6.54 Å². The average Bonchev–Trinajstić information content (AvgIpc) is 2.45. The fraction of sp³-hybridized carbons (Fsp3) is 0.235. The Morgan fingerprint density at radius 3 is 2.50 bits per heavy atom. The molecule has 0 radical (unpaired) electrons. The van der Waals surface area contributed by atoms with Crippen LogP contribution in [0.3, 0.4) is 0 Å². The molecule has 0 aromatic heterocycles. The zero-order valence-electron chi connectivity index (χ0n) is 11.8. The van der Waals surface area contributed by atoms with Crippen LogP contribution in [0.4, 0.5) is 0 Å². The Morgan fingerprint density at radius 1 is 1.10 bits per heavy atom. The Morgan fingerprint density at radius 2 is 1.80 bits per heavy atom. The van der Waals surface area contributed by atoms with E-state index in [0.29, 0.717) is 17.9 Å². The van der Waals surface area contributed by atoms with E-state index in [4.69, 9.17) is 0 Å². The highest BCUT2D eigenvalue weighted by atomic mass is 16.3. The maximum absolute atomic E-state index is 11.9. The normalized spacial score (nSPS) is 10.3. The molecule has 1 amide bonds. The highest BCUT2D eigenvalue weighted by Crippen LogP contribution is 2.21. The van der Waals surface area contributed by atoms with Gasteiger partial charge in [-0.15, -0.1) is 0 Å². The molecule has 0 spiro atoms. The highest BCUT2D eigenvalue weighted by molar-refractivity contribution is 5.94. The summed E-state index contributed by atoms with van der Waals surface area (Å²) in [5.74, 6) is 0.262. The van der Waals surface area contributed by atoms with Crippen molar-refractivity contribution in [2.45, 2.75) is 20.3 Å². The largest absolute Gasteiger partial charge is 0.508 e. The molecule has 0 fully saturated rings. The molecule has 0 bridgehead atoms. The predicted octanol–water partition coefficient (Wildman–Crippen LogP) is 2.98. The summed E-state index contributed by atoms with van der Waals surface area (Å²) in [6, 6.07) is 12.9. The molecule has 3 nitrogen and oxygen atoms in total. The minimum atomic E-state index is -0.0567. The number of phenols is 1. The molecule has 2 rings (SSSR count). The molecule has 2 aromatic carbocycles. The van der Waals surface area contributed by atoms with Gasteiger partial charge in [0.2, 0.25) is 0 Å². The summed E-state index contributed by atoms with van der Waals surface area (Å²) < 4.78 is 0. The second-order valence-corrected chi connectivity index (χ2v) is 4.94. The first-order valence-electron chi connectivity index (χ1n) is 6.70. The quantitative estimate of drug-likeness (QED) is 0.896. The van der Waals surface area contributed by atoms with Crippen molar-refractivity contribution in [1.29, 1.82) is 0 Å². The fourth-order valence-electron chi connectivity index (χ4n) is 2.13. The second-order valence-electron chi connectivity index (χ2n) is 4.94. The van der Waals surface area contributed by atoms with Crippen LogP contribution in [0, 0.1) is 13.8 Å². The number of aromatic hydroxyl groups is 1. The van der Waals surface area contributed by atoms with Gasteiger partial charge in [0, 0.05) is 12.1 Å². The first kappa shape index (κ1) is 14.1. The molecule has 0 atom stereocenters. The van der Waals surface area contributed by atoms with E-state index in [1.807, 2.05) is 38.1 Å². The molecular formula is C17H19NO2. The number of rotatable bonds is 4. The van der Waals surface area contributed by atoms with Gasteiger partial charge in [-0.25, -0.2) is 0 Å². The number of phenolic OH excluding ortho intramolecular Hbond substituents is 1. The molecule has 20 heavy (non-hydrogen) atoms. The molecule has 0 heterocycles. The van der Waals surface area contributed by atoms with Crippen molar-refractivity contribution < 1.29 is 9.90 Å². The maximum Gasteiger partial charge on any atom is 0.251 e. The number of carbonyl (C=O) groups is 1. The van der Waals surface area contributed by atoms with Crippen LogP contribution in [-0.2, 0) is 6.42 Å². The van der Waals surface area contributed by atoms with Crippen molar-refractivity contribution in [3.63, 3.8) is 0 Å². The van der Waals surface area contributed by atoms with E-state index in [1.165, 1.54) is 0 Å². The lowest BCUT2D eigenvalue weighted by atomic mass is 10.0. The Labute approximate surface area is 119 Å². The predicted molar refractivity (Wildman–Crippen MR) is 80.1 cm³/mol. The van der Waals surface area contributed by atoms with Gasteiger partial charge in [-0.2, -0.15) is 0 Å². The van der Waals surface area contributed by atoms with Gasteiger partial charge in [-0.05, 0) is 55.2 Å². The Hall–Kier alpha value is -2.29. The SMILES string of the molecule is Cc1cc(CCNC(=O)c2ccccc2)c(C)cc1O. The third-order valence-corrected chi connectivity index (χ3v) is 3.37. The molecule has 0 aliphatic rings. The van der Waals surface area contributed by atoms with Crippen LogP contribution < -0.4 is 5.32 Å². The Kier molecular flexibility index (Phi) is 4.41. The monoisotopic (exact) mass is 269 g/mol. The van der Waals surface area contributed by atoms with E-state index in [-0.39, 0.29) is 5.91 Å². The summed E-state index contributed by atoms with van der Waals surface area (Å²) in [6.45, 7) is 4.42. The Bertz CT molecular complexity index is 606. The van der Waals surface area contributed by atoms with Gasteiger partial charge in [0.15, 0.2) is 0 Å². The molecule has 0 aliphatic carbocycles. The fourth-order valence-corrected chi connectivity index (χ4v) is 2.13. The third-order valence-electron chi connectivity index (χ3n) is 3.37. The summed E-state index contributed by atoms with van der Waals surface area (Å²) >= 11 is 0. The van der Waals surface area contributed by atoms with E-state index in [9.17, 15) is 9.90 Å². The van der Waals surface area contributed by atoms with Crippen LogP contribution in [0.1, 0.15) is 27.0 Å². The van der Waals surface area contributed by atoms with Crippen molar-refractivity contribution >= 4 is 5.91 Å². The molecular weight excluding hydrogens is 250 g/mol. The topological polar surface area (TPSA) is 49.3 Å². The van der Waals surface area contributed by atoms with Gasteiger partial charge in [-0.3, -0.25) is 4.79 Å². The minimum absolute atomic E-state index is 0.0567. The molecule has 0 saturated carbocycles. The number of carbonyl (C=O) groups excluding carboxylic acids is 1. The summed E-state index contributed by atoms with van der Waals surface area (Å²) in [5, 5.41) is 12.5. The van der Waals surface area contributed by atoms with E-state index in [2.05, 4.69) is 5.32 Å². The second kappa shape index (κ2) is 6.24. The molecule has 0 unspecified atom stereocenters. The molecule has 3 heteroatoms.